The van der Waals surface area contributed by atoms with Crippen molar-refractivity contribution in [2.75, 3.05) is 11.5 Å². The topological polar surface area (TPSA) is 122 Å². The Morgan fingerprint density at radius 1 is 1.13 bits per heavy atom. The Morgan fingerprint density at radius 3 is 2.55 bits per heavy atom. The molecule has 9 nitrogen and oxygen atoms in total. The summed E-state index contributed by atoms with van der Waals surface area (Å²) in [6.07, 6.45) is 4.06. The highest BCUT2D eigenvalue weighted by atomic mass is 32.2. The zero-order chi connectivity index (χ0) is 22.4. The lowest BCUT2D eigenvalue weighted by Crippen LogP contribution is -2.41. The van der Waals surface area contributed by atoms with E-state index in [-0.39, 0.29) is 22.7 Å². The molecule has 4 rings (SSSR count). The summed E-state index contributed by atoms with van der Waals surface area (Å²) in [5.74, 6) is -0.803. The molecule has 0 radical (unpaired) electrons. The zero-order valence-electron chi connectivity index (χ0n) is 17.6. The van der Waals surface area contributed by atoms with Gasteiger partial charge in [0.05, 0.1) is 11.1 Å². The molecule has 3 heterocycles. The van der Waals surface area contributed by atoms with Gasteiger partial charge in [0.25, 0.3) is 11.1 Å². The molecule has 0 aliphatic heterocycles. The summed E-state index contributed by atoms with van der Waals surface area (Å²) in [6.45, 7) is 2.28. The fourth-order valence-electron chi connectivity index (χ4n) is 3.93. The maximum Gasteiger partial charge on any atom is 0.332 e. The second-order valence-electron chi connectivity index (χ2n) is 7.51. The minimum absolute atomic E-state index is 0.0839. The Hall–Kier alpha value is -2.66. The van der Waals surface area contributed by atoms with Gasteiger partial charge < -0.3 is 5.73 Å². The monoisotopic (exact) mass is 461 g/mol. The molecule has 3 aromatic heterocycles. The first-order valence-electron chi connectivity index (χ1n) is 10.0. The molecular weight excluding hydrogens is 438 g/mol. The molecule has 164 valence electrons. The number of Topliss-reactive ketones (excluding diaryl/α,β-unsaturated/α-hetero) is 1. The molecule has 0 fully saturated rings. The molecule has 11 heteroatoms. The minimum atomic E-state index is -0.728. The van der Waals surface area contributed by atoms with Crippen LogP contribution < -0.4 is 22.5 Å². The number of rotatable bonds is 5. The number of carbonyl (C=O) groups is 1. The van der Waals surface area contributed by atoms with E-state index < -0.39 is 17.0 Å². The van der Waals surface area contributed by atoms with Crippen LogP contribution in [0.15, 0.2) is 19.5 Å². The van der Waals surface area contributed by atoms with E-state index in [9.17, 15) is 19.2 Å². The lowest BCUT2D eigenvalue weighted by Gasteiger charge is -2.13. The van der Waals surface area contributed by atoms with E-state index in [1.165, 1.54) is 19.0 Å². The van der Waals surface area contributed by atoms with Gasteiger partial charge in [-0.1, -0.05) is 11.8 Å². The van der Waals surface area contributed by atoms with Crippen LogP contribution in [0.1, 0.15) is 40.6 Å². The van der Waals surface area contributed by atoms with Gasteiger partial charge in [-0.05, 0) is 38.2 Å². The number of nitrogens with two attached hydrogens (primary N) is 1. The van der Waals surface area contributed by atoms with E-state index in [4.69, 9.17) is 10.7 Å². The van der Waals surface area contributed by atoms with Crippen molar-refractivity contribution in [3.8, 4) is 0 Å². The predicted octanol–water partition coefficient (Wildman–Crippen LogP) is 1.31. The van der Waals surface area contributed by atoms with Crippen molar-refractivity contribution < 1.29 is 4.79 Å². The number of ketones is 1. The van der Waals surface area contributed by atoms with E-state index in [0.29, 0.717) is 21.9 Å². The third kappa shape index (κ3) is 3.45. The van der Waals surface area contributed by atoms with E-state index in [0.717, 1.165) is 52.1 Å². The summed E-state index contributed by atoms with van der Waals surface area (Å²) in [5, 5.41) is 1.14. The smallest absolute Gasteiger partial charge is 0.332 e. The van der Waals surface area contributed by atoms with Crippen LogP contribution in [0.3, 0.4) is 0 Å². The molecule has 1 aliphatic carbocycles. The summed E-state index contributed by atoms with van der Waals surface area (Å²) >= 11 is 2.65. The van der Waals surface area contributed by atoms with E-state index in [2.05, 4.69) is 0 Å². The van der Waals surface area contributed by atoms with Gasteiger partial charge in [0.15, 0.2) is 10.9 Å². The van der Waals surface area contributed by atoms with Crippen molar-refractivity contribution >= 4 is 44.9 Å². The van der Waals surface area contributed by atoms with E-state index >= 15 is 0 Å². The lowest BCUT2D eigenvalue weighted by atomic mass is 9.97. The number of thiophene rings is 1. The maximum atomic E-state index is 13.2. The highest BCUT2D eigenvalue weighted by Gasteiger charge is 2.24. The van der Waals surface area contributed by atoms with Gasteiger partial charge in [0.2, 0.25) is 0 Å². The SMILES string of the molecule is CCn1c(SCC(=O)c2c(N)n(C)c(=O)n(C)c2=O)nc2sc3c(c2c1=O)CCCC3. The second kappa shape index (κ2) is 8.12. The molecule has 2 N–H and O–H groups in total. The van der Waals surface area contributed by atoms with Crippen LogP contribution in [0.4, 0.5) is 5.82 Å². The van der Waals surface area contributed by atoms with Crippen molar-refractivity contribution in [2.45, 2.75) is 44.3 Å². The highest BCUT2D eigenvalue weighted by molar-refractivity contribution is 7.99. The summed E-state index contributed by atoms with van der Waals surface area (Å²) < 4.78 is 3.50. The number of nitrogen functional groups attached to an aromatic ring is 1. The number of nitrogens with zero attached hydrogens (tertiary/aromatic N) is 4. The second-order valence-corrected chi connectivity index (χ2v) is 9.54. The quantitative estimate of drug-likeness (QED) is 0.345. The van der Waals surface area contributed by atoms with Gasteiger partial charge in [-0.3, -0.25) is 28.1 Å². The molecule has 0 spiro atoms. The first kappa shape index (κ1) is 21.6. The molecule has 0 unspecified atom stereocenters. The lowest BCUT2D eigenvalue weighted by molar-refractivity contribution is 0.102. The zero-order valence-corrected chi connectivity index (χ0v) is 19.2. The molecule has 1 aliphatic rings. The Bertz CT molecular complexity index is 1400. The first-order chi connectivity index (χ1) is 14.8. The molecule has 0 amide bonds. The molecule has 3 aromatic rings. The van der Waals surface area contributed by atoms with Gasteiger partial charge in [-0.25, -0.2) is 9.78 Å². The van der Waals surface area contributed by atoms with Gasteiger partial charge in [-0.15, -0.1) is 11.3 Å². The number of thioether (sulfide) groups is 1. The molecule has 0 aromatic carbocycles. The molecule has 0 saturated carbocycles. The van der Waals surface area contributed by atoms with Crippen LogP contribution in [0, 0.1) is 0 Å². The van der Waals surface area contributed by atoms with Gasteiger partial charge in [0.1, 0.15) is 16.2 Å². The third-order valence-corrected chi connectivity index (χ3v) is 7.84. The molecular formula is C20H23N5O4S2. The summed E-state index contributed by atoms with van der Waals surface area (Å²) in [4.78, 5) is 57.1. The fourth-order valence-corrected chi connectivity index (χ4v) is 6.17. The Balaban J connectivity index is 1.72. The fraction of sp³-hybridized carbons (Fsp3) is 0.450. The number of aryl methyl sites for hydroxylation is 2. The van der Waals surface area contributed by atoms with Crippen molar-refractivity contribution in [1.82, 2.24) is 18.7 Å². The standard InChI is InChI=1S/C20H23N5O4S2/c1-4-25-18(28)13-10-7-5-6-8-12(10)31-16(13)22-19(25)30-9-11(26)14-15(21)23(2)20(29)24(3)17(14)27/h4-9,21H2,1-3H3. The van der Waals surface area contributed by atoms with E-state index in [1.807, 2.05) is 6.92 Å². The van der Waals surface area contributed by atoms with Crippen LogP contribution in [0.5, 0.6) is 0 Å². The van der Waals surface area contributed by atoms with Gasteiger partial charge >= 0.3 is 5.69 Å². The Kier molecular flexibility index (Phi) is 5.65. The largest absolute Gasteiger partial charge is 0.384 e. The number of fused-ring (bicyclic) bond motifs is 3. The molecule has 0 saturated heterocycles. The number of carbonyl (C=O) groups excluding carboxylic acids is 1. The molecule has 31 heavy (non-hydrogen) atoms. The van der Waals surface area contributed by atoms with Crippen molar-refractivity contribution in [1.29, 1.82) is 0 Å². The van der Waals surface area contributed by atoms with Crippen molar-refractivity contribution in [3.05, 3.63) is 47.2 Å². The van der Waals surface area contributed by atoms with Gasteiger partial charge in [0, 0.05) is 25.5 Å². The number of hydrogen-bond donors (Lipinski definition) is 1. The van der Waals surface area contributed by atoms with Crippen LogP contribution in [-0.2, 0) is 33.5 Å². The van der Waals surface area contributed by atoms with Crippen molar-refractivity contribution in [2.24, 2.45) is 14.1 Å². The molecule has 0 atom stereocenters. The van der Waals surface area contributed by atoms with Crippen LogP contribution >= 0.6 is 23.1 Å². The average Bonchev–Trinajstić information content (AvgIpc) is 3.13. The molecule has 0 bridgehead atoms. The van der Waals surface area contributed by atoms with Gasteiger partial charge in [-0.2, -0.15) is 0 Å². The first-order valence-corrected chi connectivity index (χ1v) is 11.8. The summed E-state index contributed by atoms with van der Waals surface area (Å²) in [7, 11) is 2.71. The average molecular weight is 462 g/mol. The minimum Gasteiger partial charge on any atom is -0.384 e. The third-order valence-electron chi connectivity index (χ3n) is 5.68. The Morgan fingerprint density at radius 2 is 1.84 bits per heavy atom. The number of aromatic nitrogens is 4. The van der Waals surface area contributed by atoms with Crippen molar-refractivity contribution in [3.63, 3.8) is 0 Å². The predicted molar refractivity (Wildman–Crippen MR) is 123 cm³/mol. The summed E-state index contributed by atoms with van der Waals surface area (Å²) in [5.41, 5.74) is 5.37. The van der Waals surface area contributed by atoms with Crippen LogP contribution in [0.25, 0.3) is 10.2 Å². The van der Waals surface area contributed by atoms with Crippen LogP contribution in [-0.4, -0.2) is 30.2 Å². The number of hydrogen-bond acceptors (Lipinski definition) is 8. The highest BCUT2D eigenvalue weighted by Crippen LogP contribution is 2.34. The maximum absolute atomic E-state index is 13.2. The Labute approximate surface area is 185 Å². The number of anilines is 1. The van der Waals surface area contributed by atoms with Crippen LogP contribution in [0.2, 0.25) is 0 Å². The summed E-state index contributed by atoms with van der Waals surface area (Å²) in [6, 6.07) is 0. The normalized spacial score (nSPS) is 13.5. The van der Waals surface area contributed by atoms with E-state index in [1.54, 1.807) is 15.9 Å².